The Bertz CT molecular complexity index is 829. The Balaban J connectivity index is 2.00. The van der Waals surface area contributed by atoms with Crippen molar-refractivity contribution in [1.82, 2.24) is 5.32 Å². The Morgan fingerprint density at radius 2 is 1.74 bits per heavy atom. The fraction of sp³-hybridized carbons (Fsp3) is 0.273. The van der Waals surface area contributed by atoms with Gasteiger partial charge >= 0.3 is 0 Å². The van der Waals surface area contributed by atoms with E-state index in [9.17, 15) is 10.1 Å². The van der Waals surface area contributed by atoms with E-state index in [1.165, 1.54) is 11.8 Å². The zero-order valence-electron chi connectivity index (χ0n) is 15.7. The van der Waals surface area contributed by atoms with E-state index in [4.69, 9.17) is 0 Å². The Morgan fingerprint density at radius 3 is 2.30 bits per heavy atom. The third-order valence-corrected chi connectivity index (χ3v) is 4.85. The zero-order valence-corrected chi connectivity index (χ0v) is 17.3. The first-order valence-electron chi connectivity index (χ1n) is 9.09. The smallest absolute Gasteiger partial charge is 0.267 e. The van der Waals surface area contributed by atoms with Gasteiger partial charge in [0.05, 0.1) is 0 Å². The molecule has 2 N–H and O–H groups in total. The maximum atomic E-state index is 12.5. The summed E-state index contributed by atoms with van der Waals surface area (Å²) in [4.78, 5) is 12.5. The molecule has 0 saturated heterocycles. The Kier molecular flexibility index (Phi) is 8.09. The summed E-state index contributed by atoms with van der Waals surface area (Å²) >= 11 is 3.41. The van der Waals surface area contributed by atoms with Crippen LogP contribution in [0.1, 0.15) is 30.5 Å². The molecule has 0 aliphatic heterocycles. The summed E-state index contributed by atoms with van der Waals surface area (Å²) < 4.78 is 1.04. The molecule has 0 fully saturated rings. The van der Waals surface area contributed by atoms with Crippen molar-refractivity contribution in [1.29, 1.82) is 5.26 Å². The van der Waals surface area contributed by atoms with Gasteiger partial charge in [0.15, 0.2) is 0 Å². The van der Waals surface area contributed by atoms with E-state index in [1.54, 1.807) is 0 Å². The lowest BCUT2D eigenvalue weighted by molar-refractivity contribution is -0.112. The number of nitrogens with one attached hydrogen (secondary N) is 2. The van der Waals surface area contributed by atoms with Crippen molar-refractivity contribution >= 4 is 27.5 Å². The van der Waals surface area contributed by atoms with Crippen molar-refractivity contribution in [2.45, 2.75) is 33.1 Å². The fourth-order valence-electron chi connectivity index (χ4n) is 2.77. The summed E-state index contributed by atoms with van der Waals surface area (Å²) in [5, 5.41) is 15.3. The summed E-state index contributed by atoms with van der Waals surface area (Å²) in [7, 11) is 0. The second-order valence-corrected chi connectivity index (χ2v) is 7.03. The molecule has 0 aromatic heterocycles. The molecule has 27 heavy (non-hydrogen) atoms. The first-order chi connectivity index (χ1) is 13.1. The van der Waals surface area contributed by atoms with Crippen molar-refractivity contribution in [3.8, 4) is 6.07 Å². The largest absolute Gasteiger partial charge is 0.389 e. The molecule has 0 unspecified atom stereocenters. The third kappa shape index (κ3) is 5.97. The molecular weight excluding hydrogens is 402 g/mol. The average Bonchev–Trinajstić information content (AvgIpc) is 2.69. The molecule has 0 spiro atoms. The number of carbonyl (C=O) groups excluding carboxylic acids is 1. The number of benzene rings is 2. The van der Waals surface area contributed by atoms with Crippen LogP contribution in [0, 0.1) is 11.3 Å². The molecule has 0 saturated carbocycles. The van der Waals surface area contributed by atoms with Gasteiger partial charge in [-0.2, -0.15) is 5.26 Å². The van der Waals surface area contributed by atoms with E-state index in [1.807, 2.05) is 48.5 Å². The lowest BCUT2D eigenvalue weighted by Crippen LogP contribution is -2.19. The predicted molar refractivity (Wildman–Crippen MR) is 113 cm³/mol. The molecule has 5 heteroatoms. The molecule has 4 nitrogen and oxygen atoms in total. The summed E-state index contributed by atoms with van der Waals surface area (Å²) in [6.45, 7) is 4.75. The van der Waals surface area contributed by atoms with E-state index in [2.05, 4.69) is 40.4 Å². The molecule has 2 aromatic rings. The normalized spacial score (nSPS) is 11.0. The van der Waals surface area contributed by atoms with Crippen LogP contribution in [0.25, 0.3) is 0 Å². The van der Waals surface area contributed by atoms with Crippen LogP contribution < -0.4 is 10.6 Å². The number of aryl methyl sites for hydroxylation is 2. The summed E-state index contributed by atoms with van der Waals surface area (Å²) in [5.74, 6) is -0.385. The van der Waals surface area contributed by atoms with Gasteiger partial charge in [0.1, 0.15) is 11.6 Å². The quantitative estimate of drug-likeness (QED) is 0.364. The van der Waals surface area contributed by atoms with Crippen molar-refractivity contribution in [2.75, 3.05) is 11.9 Å². The molecule has 0 aliphatic rings. The number of nitriles is 1. The molecule has 2 rings (SSSR count). The Morgan fingerprint density at radius 1 is 1.11 bits per heavy atom. The van der Waals surface area contributed by atoms with Gasteiger partial charge in [-0.3, -0.25) is 4.79 Å². The van der Waals surface area contributed by atoms with Gasteiger partial charge in [0.25, 0.3) is 5.91 Å². The summed E-state index contributed by atoms with van der Waals surface area (Å²) in [5.41, 5.74) is 4.22. The lowest BCUT2D eigenvalue weighted by Gasteiger charge is -2.14. The monoisotopic (exact) mass is 425 g/mol. The van der Waals surface area contributed by atoms with Crippen LogP contribution in [0.15, 0.2) is 58.7 Å². The standard InChI is InChI=1S/C22H24BrN3O/c1-3-17-6-5-7-18(4-2)21(17)26-22(27)19(14-24)15-25-13-12-16-8-10-20(23)11-9-16/h5-11,15,25H,3-4,12-13H2,1-2H3,(H,26,27)/b19-15-. The second kappa shape index (κ2) is 10.5. The highest BCUT2D eigenvalue weighted by Gasteiger charge is 2.13. The number of carbonyl (C=O) groups is 1. The molecule has 140 valence electrons. The molecule has 0 bridgehead atoms. The van der Waals surface area contributed by atoms with Crippen LogP contribution in [-0.2, 0) is 24.1 Å². The maximum Gasteiger partial charge on any atom is 0.267 e. The molecule has 2 aromatic carbocycles. The minimum atomic E-state index is -0.385. The molecule has 0 atom stereocenters. The van der Waals surface area contributed by atoms with Crippen molar-refractivity contribution in [3.05, 3.63) is 75.4 Å². The van der Waals surface area contributed by atoms with Crippen LogP contribution in [-0.4, -0.2) is 12.5 Å². The number of nitrogens with zero attached hydrogens (tertiary/aromatic N) is 1. The first kappa shape index (κ1) is 20.7. The number of hydrogen-bond donors (Lipinski definition) is 2. The van der Waals surface area contributed by atoms with Crippen molar-refractivity contribution < 1.29 is 4.79 Å². The van der Waals surface area contributed by atoms with Gasteiger partial charge in [0, 0.05) is 22.9 Å². The number of rotatable bonds is 8. The van der Waals surface area contributed by atoms with Crippen LogP contribution in [0.4, 0.5) is 5.69 Å². The fourth-order valence-corrected chi connectivity index (χ4v) is 3.04. The highest BCUT2D eigenvalue weighted by Crippen LogP contribution is 2.23. The van der Waals surface area contributed by atoms with E-state index in [0.717, 1.165) is 40.5 Å². The van der Waals surface area contributed by atoms with Gasteiger partial charge < -0.3 is 10.6 Å². The van der Waals surface area contributed by atoms with Crippen LogP contribution >= 0.6 is 15.9 Å². The number of para-hydroxylation sites is 1. The second-order valence-electron chi connectivity index (χ2n) is 6.11. The third-order valence-electron chi connectivity index (χ3n) is 4.32. The van der Waals surface area contributed by atoms with Gasteiger partial charge in [0.2, 0.25) is 0 Å². The Hall–Kier alpha value is -2.58. The number of anilines is 1. The first-order valence-corrected chi connectivity index (χ1v) is 9.88. The molecule has 0 radical (unpaired) electrons. The van der Waals surface area contributed by atoms with Crippen LogP contribution in [0.2, 0.25) is 0 Å². The molecule has 0 heterocycles. The molecule has 0 aliphatic carbocycles. The number of amides is 1. The van der Waals surface area contributed by atoms with Gasteiger partial charge in [-0.25, -0.2) is 0 Å². The van der Waals surface area contributed by atoms with Crippen LogP contribution in [0.3, 0.4) is 0 Å². The zero-order chi connectivity index (χ0) is 19.6. The van der Waals surface area contributed by atoms with Crippen LogP contribution in [0.5, 0.6) is 0 Å². The predicted octanol–water partition coefficient (Wildman–Crippen LogP) is 4.75. The molecule has 1 amide bonds. The highest BCUT2D eigenvalue weighted by atomic mass is 79.9. The van der Waals surface area contributed by atoms with Gasteiger partial charge in [-0.15, -0.1) is 0 Å². The van der Waals surface area contributed by atoms with Gasteiger partial charge in [-0.05, 0) is 48.1 Å². The van der Waals surface area contributed by atoms with E-state index in [0.29, 0.717) is 6.54 Å². The van der Waals surface area contributed by atoms with E-state index >= 15 is 0 Å². The molecular formula is C22H24BrN3O. The van der Waals surface area contributed by atoms with Gasteiger partial charge in [-0.1, -0.05) is 60.1 Å². The SMILES string of the molecule is CCc1cccc(CC)c1NC(=O)/C(C#N)=C\NCCc1ccc(Br)cc1. The topological polar surface area (TPSA) is 64.9 Å². The van der Waals surface area contributed by atoms with Crippen molar-refractivity contribution in [2.24, 2.45) is 0 Å². The number of halogens is 1. The number of hydrogen-bond acceptors (Lipinski definition) is 3. The average molecular weight is 426 g/mol. The van der Waals surface area contributed by atoms with Crippen molar-refractivity contribution in [3.63, 3.8) is 0 Å². The highest BCUT2D eigenvalue weighted by molar-refractivity contribution is 9.10. The lowest BCUT2D eigenvalue weighted by atomic mass is 10.0. The summed E-state index contributed by atoms with van der Waals surface area (Å²) in [6, 6.07) is 16.1. The summed E-state index contributed by atoms with van der Waals surface area (Å²) in [6.07, 6.45) is 3.94. The van der Waals surface area contributed by atoms with E-state index < -0.39 is 0 Å². The van der Waals surface area contributed by atoms with E-state index in [-0.39, 0.29) is 11.5 Å². The maximum absolute atomic E-state index is 12.5. The minimum Gasteiger partial charge on any atom is -0.389 e. The minimum absolute atomic E-state index is 0.0683. The Labute approximate surface area is 169 Å².